The molecule has 0 aliphatic heterocycles. The van der Waals surface area contributed by atoms with Crippen LogP contribution in [0.15, 0.2) is 53.3 Å². The van der Waals surface area contributed by atoms with Crippen LogP contribution in [0.3, 0.4) is 0 Å². The first-order valence-electron chi connectivity index (χ1n) is 7.06. The molecule has 0 fully saturated rings. The zero-order chi connectivity index (χ0) is 15.8. The number of carbonyl (C=O) groups excluding carboxylic acids is 1. The van der Waals surface area contributed by atoms with Gasteiger partial charge in [0.25, 0.3) is 5.91 Å². The quantitative estimate of drug-likeness (QED) is 0.603. The summed E-state index contributed by atoms with van der Waals surface area (Å²) in [4.78, 5) is 21.0. The molecule has 3 heterocycles. The molecular weight excluding hydrogens is 294 g/mol. The summed E-state index contributed by atoms with van der Waals surface area (Å²) in [5, 5.41) is 2.76. The number of carbonyl (C=O) groups is 1. The van der Waals surface area contributed by atoms with Crippen molar-refractivity contribution in [3.05, 3.63) is 60.2 Å². The van der Waals surface area contributed by atoms with E-state index in [1.807, 2.05) is 24.3 Å². The van der Waals surface area contributed by atoms with E-state index >= 15 is 0 Å². The van der Waals surface area contributed by atoms with Gasteiger partial charge in [0, 0.05) is 6.20 Å². The second-order valence-electron chi connectivity index (χ2n) is 5.06. The van der Waals surface area contributed by atoms with Crippen molar-refractivity contribution in [3.63, 3.8) is 0 Å². The number of hydrogen-bond acceptors (Lipinski definition) is 5. The number of aromatic nitrogens is 3. The summed E-state index contributed by atoms with van der Waals surface area (Å²) in [5.41, 5.74) is 8.07. The highest BCUT2D eigenvalue weighted by molar-refractivity contribution is 5.99. The van der Waals surface area contributed by atoms with Crippen LogP contribution in [-0.2, 0) is 6.54 Å². The van der Waals surface area contributed by atoms with Crippen molar-refractivity contribution in [2.24, 2.45) is 0 Å². The fourth-order valence-corrected chi connectivity index (χ4v) is 2.50. The van der Waals surface area contributed by atoms with Crippen molar-refractivity contribution >= 4 is 28.5 Å². The summed E-state index contributed by atoms with van der Waals surface area (Å²) in [7, 11) is 0. The van der Waals surface area contributed by atoms with Crippen LogP contribution in [0.25, 0.3) is 16.8 Å². The first-order valence-corrected chi connectivity index (χ1v) is 7.06. The first-order chi connectivity index (χ1) is 11.2. The lowest BCUT2D eigenvalue weighted by Gasteiger charge is -2.08. The summed E-state index contributed by atoms with van der Waals surface area (Å²) in [5.74, 6) is 1.12. The third kappa shape index (κ3) is 2.18. The number of furan rings is 1. The Labute approximate surface area is 130 Å². The summed E-state index contributed by atoms with van der Waals surface area (Å²) >= 11 is 0. The number of hydrogen-bond donors (Lipinski definition) is 2. The van der Waals surface area contributed by atoms with Crippen LogP contribution in [0, 0.1) is 0 Å². The van der Waals surface area contributed by atoms with Gasteiger partial charge in [-0.1, -0.05) is 12.1 Å². The number of rotatable bonds is 3. The highest BCUT2D eigenvalue weighted by atomic mass is 16.3. The molecule has 7 nitrogen and oxygen atoms in total. The van der Waals surface area contributed by atoms with E-state index in [1.165, 1.54) is 6.20 Å². The number of anilines is 1. The van der Waals surface area contributed by atoms with Gasteiger partial charge >= 0.3 is 0 Å². The van der Waals surface area contributed by atoms with Gasteiger partial charge in [-0.25, -0.2) is 9.97 Å². The molecule has 114 valence electrons. The molecule has 0 unspecified atom stereocenters. The fraction of sp³-hybridized carbons (Fsp3) is 0.0625. The molecule has 0 bridgehead atoms. The Morgan fingerprint density at radius 1 is 1.26 bits per heavy atom. The summed E-state index contributed by atoms with van der Waals surface area (Å²) in [6.45, 7) is 0.286. The largest absolute Gasteiger partial charge is 0.467 e. The summed E-state index contributed by atoms with van der Waals surface area (Å²) in [6, 6.07) is 11.1. The molecule has 0 aliphatic carbocycles. The van der Waals surface area contributed by atoms with Gasteiger partial charge in [-0.2, -0.15) is 0 Å². The lowest BCUT2D eigenvalue weighted by atomic mass is 10.2. The van der Waals surface area contributed by atoms with Crippen LogP contribution in [0.4, 0.5) is 5.82 Å². The SMILES string of the molecule is Nc1c(C(=O)NCc2ccco2)cnc2nc3ccccc3n12. The van der Waals surface area contributed by atoms with E-state index in [0.29, 0.717) is 22.9 Å². The molecule has 0 spiro atoms. The van der Waals surface area contributed by atoms with Crippen LogP contribution in [-0.4, -0.2) is 20.3 Å². The number of fused-ring (bicyclic) bond motifs is 3. The van der Waals surface area contributed by atoms with Gasteiger partial charge in [-0.05, 0) is 24.3 Å². The molecule has 4 rings (SSSR count). The van der Waals surface area contributed by atoms with E-state index in [9.17, 15) is 4.79 Å². The number of amides is 1. The number of nitrogen functional groups attached to an aromatic ring is 1. The molecule has 4 aromatic rings. The van der Waals surface area contributed by atoms with Gasteiger partial charge in [0.1, 0.15) is 11.6 Å². The lowest BCUT2D eigenvalue weighted by molar-refractivity contribution is 0.0948. The number of para-hydroxylation sites is 2. The molecule has 0 radical (unpaired) electrons. The molecule has 3 aromatic heterocycles. The molecule has 0 saturated heterocycles. The monoisotopic (exact) mass is 307 g/mol. The maximum atomic E-state index is 12.4. The molecule has 7 heteroatoms. The van der Waals surface area contributed by atoms with Crippen LogP contribution < -0.4 is 11.1 Å². The van der Waals surface area contributed by atoms with Gasteiger partial charge in [-0.3, -0.25) is 9.20 Å². The standard InChI is InChI=1S/C16H13N5O2/c17-14-11(15(22)18-8-10-4-3-7-23-10)9-19-16-20-12-5-1-2-6-13(12)21(14)16/h1-7,9H,8,17H2,(H,18,22). The van der Waals surface area contributed by atoms with Crippen LogP contribution in [0.1, 0.15) is 16.1 Å². The van der Waals surface area contributed by atoms with E-state index in [4.69, 9.17) is 10.2 Å². The molecule has 0 saturated carbocycles. The lowest BCUT2D eigenvalue weighted by Crippen LogP contribution is -2.24. The molecule has 1 amide bonds. The van der Waals surface area contributed by atoms with Crippen molar-refractivity contribution in [1.82, 2.24) is 19.7 Å². The highest BCUT2D eigenvalue weighted by Crippen LogP contribution is 2.20. The van der Waals surface area contributed by atoms with Gasteiger partial charge < -0.3 is 15.5 Å². The first kappa shape index (κ1) is 13.3. The Hall–Kier alpha value is -3.35. The number of benzene rings is 1. The Bertz CT molecular complexity index is 1000. The molecule has 23 heavy (non-hydrogen) atoms. The van der Waals surface area contributed by atoms with E-state index in [0.717, 1.165) is 11.0 Å². The zero-order valence-corrected chi connectivity index (χ0v) is 12.1. The smallest absolute Gasteiger partial charge is 0.256 e. The Balaban J connectivity index is 1.73. The average Bonchev–Trinajstić information content (AvgIpc) is 3.20. The van der Waals surface area contributed by atoms with Crippen LogP contribution >= 0.6 is 0 Å². The van der Waals surface area contributed by atoms with Crippen LogP contribution in [0.2, 0.25) is 0 Å². The minimum absolute atomic E-state index is 0.286. The molecule has 3 N–H and O–H groups in total. The Morgan fingerprint density at radius 2 is 2.13 bits per heavy atom. The van der Waals surface area contributed by atoms with Gasteiger partial charge in [0.05, 0.1) is 29.4 Å². The maximum Gasteiger partial charge on any atom is 0.256 e. The minimum atomic E-state index is -0.314. The highest BCUT2D eigenvalue weighted by Gasteiger charge is 2.16. The Morgan fingerprint density at radius 3 is 2.96 bits per heavy atom. The second kappa shape index (κ2) is 5.13. The number of nitrogens with one attached hydrogen (secondary N) is 1. The van der Waals surface area contributed by atoms with Crippen LogP contribution in [0.5, 0.6) is 0 Å². The van der Waals surface area contributed by atoms with Gasteiger partial charge in [-0.15, -0.1) is 0 Å². The summed E-state index contributed by atoms with van der Waals surface area (Å²) < 4.78 is 6.87. The topological polar surface area (TPSA) is 98.5 Å². The third-order valence-corrected chi connectivity index (χ3v) is 3.62. The number of nitrogens with zero attached hydrogens (tertiary/aromatic N) is 3. The van der Waals surface area contributed by atoms with Crippen molar-refractivity contribution in [3.8, 4) is 0 Å². The summed E-state index contributed by atoms with van der Waals surface area (Å²) in [6.07, 6.45) is 3.00. The molecule has 0 aliphatic rings. The average molecular weight is 307 g/mol. The normalized spacial score (nSPS) is 11.1. The predicted molar refractivity (Wildman–Crippen MR) is 84.8 cm³/mol. The fourth-order valence-electron chi connectivity index (χ4n) is 2.50. The number of nitrogens with two attached hydrogens (primary N) is 1. The van der Waals surface area contributed by atoms with Crippen molar-refractivity contribution in [1.29, 1.82) is 0 Å². The van der Waals surface area contributed by atoms with Crippen molar-refractivity contribution in [2.75, 3.05) is 5.73 Å². The van der Waals surface area contributed by atoms with E-state index < -0.39 is 0 Å². The molecule has 0 atom stereocenters. The minimum Gasteiger partial charge on any atom is -0.467 e. The number of imidazole rings is 1. The van der Waals surface area contributed by atoms with Crippen molar-refractivity contribution < 1.29 is 9.21 Å². The van der Waals surface area contributed by atoms with E-state index in [2.05, 4.69) is 15.3 Å². The second-order valence-corrected chi connectivity index (χ2v) is 5.06. The third-order valence-electron chi connectivity index (χ3n) is 3.62. The zero-order valence-electron chi connectivity index (χ0n) is 12.1. The van der Waals surface area contributed by atoms with E-state index in [1.54, 1.807) is 22.8 Å². The maximum absolute atomic E-state index is 12.4. The van der Waals surface area contributed by atoms with Crippen molar-refractivity contribution in [2.45, 2.75) is 6.54 Å². The predicted octanol–water partition coefficient (Wildman–Crippen LogP) is 1.99. The van der Waals surface area contributed by atoms with Gasteiger partial charge in [0.2, 0.25) is 5.78 Å². The molecule has 1 aromatic carbocycles. The Kier molecular flexibility index (Phi) is 2.97. The van der Waals surface area contributed by atoms with E-state index in [-0.39, 0.29) is 12.5 Å². The van der Waals surface area contributed by atoms with Gasteiger partial charge in [0.15, 0.2) is 0 Å². The molecular formula is C16H13N5O2.